The zero-order valence-electron chi connectivity index (χ0n) is 7.70. The minimum Gasteiger partial charge on any atom is -0.380 e. The van der Waals surface area contributed by atoms with Crippen LogP contribution >= 0.6 is 0 Å². The van der Waals surface area contributed by atoms with Crippen LogP contribution in [0, 0.1) is 30.1 Å². The lowest BCUT2D eigenvalue weighted by Gasteiger charge is -2.32. The Labute approximate surface area is 74.5 Å². The zero-order chi connectivity index (χ0) is 9.14. The topological polar surface area (TPSA) is 20.2 Å². The molecular weight excluding hydrogens is 148 g/mol. The number of rotatable bonds is 1. The summed E-state index contributed by atoms with van der Waals surface area (Å²) >= 11 is 0. The smallest absolute Gasteiger partial charge is 0.118 e. The number of aliphatic hydroxyl groups is 1. The first kappa shape index (κ1) is 9.35. The van der Waals surface area contributed by atoms with Crippen molar-refractivity contribution in [2.45, 2.75) is 26.4 Å². The molecule has 1 rings (SSSR count). The van der Waals surface area contributed by atoms with E-state index in [1.165, 1.54) is 0 Å². The van der Waals surface area contributed by atoms with Crippen LogP contribution in [0.1, 0.15) is 20.3 Å². The summed E-state index contributed by atoms with van der Waals surface area (Å²) in [6.45, 7) is 4.25. The highest BCUT2D eigenvalue weighted by Crippen LogP contribution is 2.32. The van der Waals surface area contributed by atoms with E-state index >= 15 is 0 Å². The van der Waals surface area contributed by atoms with Gasteiger partial charge in [-0.3, -0.25) is 0 Å². The lowest BCUT2D eigenvalue weighted by atomic mass is 9.75. The lowest BCUT2D eigenvalue weighted by Crippen LogP contribution is -2.32. The molecule has 1 aliphatic carbocycles. The summed E-state index contributed by atoms with van der Waals surface area (Å²) in [7, 11) is 0. The highest BCUT2D eigenvalue weighted by molar-refractivity contribution is 5.06. The molecule has 0 aliphatic heterocycles. The fourth-order valence-corrected chi connectivity index (χ4v) is 2.02. The van der Waals surface area contributed by atoms with Crippen molar-refractivity contribution in [1.29, 1.82) is 0 Å². The lowest BCUT2D eigenvalue weighted by molar-refractivity contribution is 0.0953. The van der Waals surface area contributed by atoms with E-state index in [0.29, 0.717) is 11.8 Å². The SMILES string of the molecule is C#CC(O)C1C(C)C=CCC1C. The Morgan fingerprint density at radius 2 is 2.25 bits per heavy atom. The number of allylic oxidation sites excluding steroid dienone is 2. The molecule has 0 aromatic carbocycles. The summed E-state index contributed by atoms with van der Waals surface area (Å²) < 4.78 is 0. The second-order valence-corrected chi connectivity index (χ2v) is 3.69. The summed E-state index contributed by atoms with van der Waals surface area (Å²) in [5, 5.41) is 9.55. The molecule has 0 heterocycles. The van der Waals surface area contributed by atoms with Crippen LogP contribution in [0.3, 0.4) is 0 Å². The molecule has 0 spiro atoms. The molecule has 1 N–H and O–H groups in total. The van der Waals surface area contributed by atoms with Crippen molar-refractivity contribution in [1.82, 2.24) is 0 Å². The predicted molar refractivity (Wildman–Crippen MR) is 50.4 cm³/mol. The Hall–Kier alpha value is -0.740. The third kappa shape index (κ3) is 1.70. The minimum atomic E-state index is -0.583. The van der Waals surface area contributed by atoms with Gasteiger partial charge in [0, 0.05) is 5.92 Å². The van der Waals surface area contributed by atoms with Gasteiger partial charge in [-0.1, -0.05) is 31.9 Å². The average Bonchev–Trinajstić information content (AvgIpc) is 2.03. The zero-order valence-corrected chi connectivity index (χ0v) is 7.70. The monoisotopic (exact) mass is 164 g/mol. The Balaban J connectivity index is 2.74. The summed E-state index contributed by atoms with van der Waals surface area (Å²) in [6.07, 6.45) is 9.98. The molecule has 0 amide bonds. The first-order valence-corrected chi connectivity index (χ1v) is 4.47. The van der Waals surface area contributed by atoms with E-state index in [1.807, 2.05) is 0 Å². The van der Waals surface area contributed by atoms with Crippen LogP contribution in [-0.4, -0.2) is 11.2 Å². The van der Waals surface area contributed by atoms with Crippen molar-refractivity contribution >= 4 is 0 Å². The number of hydrogen-bond donors (Lipinski definition) is 1. The van der Waals surface area contributed by atoms with E-state index in [9.17, 15) is 5.11 Å². The number of terminal acetylenes is 1. The summed E-state index contributed by atoms with van der Waals surface area (Å²) in [4.78, 5) is 0. The Morgan fingerprint density at radius 3 is 2.75 bits per heavy atom. The second-order valence-electron chi connectivity index (χ2n) is 3.69. The van der Waals surface area contributed by atoms with Crippen LogP contribution in [0.25, 0.3) is 0 Å². The van der Waals surface area contributed by atoms with E-state index in [4.69, 9.17) is 6.42 Å². The van der Waals surface area contributed by atoms with Gasteiger partial charge in [0.05, 0.1) is 0 Å². The Morgan fingerprint density at radius 1 is 1.58 bits per heavy atom. The molecule has 0 saturated heterocycles. The molecule has 0 bridgehead atoms. The van der Waals surface area contributed by atoms with Gasteiger partial charge in [-0.25, -0.2) is 0 Å². The second kappa shape index (κ2) is 3.78. The predicted octanol–water partition coefficient (Wildman–Crippen LogP) is 1.83. The van der Waals surface area contributed by atoms with Crippen molar-refractivity contribution in [3.05, 3.63) is 12.2 Å². The molecule has 0 fully saturated rings. The van der Waals surface area contributed by atoms with Gasteiger partial charge in [0.1, 0.15) is 6.10 Å². The van der Waals surface area contributed by atoms with Gasteiger partial charge in [-0.05, 0) is 18.3 Å². The average molecular weight is 164 g/mol. The summed E-state index contributed by atoms with van der Waals surface area (Å²) in [5.74, 6) is 3.55. The molecule has 66 valence electrons. The fourth-order valence-electron chi connectivity index (χ4n) is 2.02. The normalized spacial score (nSPS) is 37.3. The molecule has 0 aromatic heterocycles. The molecular formula is C11H16O. The van der Waals surface area contributed by atoms with Crippen LogP contribution in [0.15, 0.2) is 12.2 Å². The molecule has 4 unspecified atom stereocenters. The maximum atomic E-state index is 9.55. The van der Waals surface area contributed by atoms with Crippen LogP contribution in [-0.2, 0) is 0 Å². The fraction of sp³-hybridized carbons (Fsp3) is 0.636. The first-order valence-electron chi connectivity index (χ1n) is 4.47. The van der Waals surface area contributed by atoms with Gasteiger partial charge in [0.25, 0.3) is 0 Å². The molecule has 12 heavy (non-hydrogen) atoms. The van der Waals surface area contributed by atoms with Crippen LogP contribution in [0.4, 0.5) is 0 Å². The third-order valence-corrected chi connectivity index (χ3v) is 2.75. The highest BCUT2D eigenvalue weighted by atomic mass is 16.3. The third-order valence-electron chi connectivity index (χ3n) is 2.75. The van der Waals surface area contributed by atoms with E-state index < -0.39 is 6.10 Å². The van der Waals surface area contributed by atoms with Gasteiger partial charge in [-0.2, -0.15) is 0 Å². The van der Waals surface area contributed by atoms with Crippen molar-refractivity contribution in [3.8, 4) is 12.3 Å². The largest absolute Gasteiger partial charge is 0.380 e. The van der Waals surface area contributed by atoms with Crippen LogP contribution in [0.5, 0.6) is 0 Å². The van der Waals surface area contributed by atoms with Crippen molar-refractivity contribution in [3.63, 3.8) is 0 Å². The molecule has 0 saturated carbocycles. The van der Waals surface area contributed by atoms with Crippen molar-refractivity contribution in [2.24, 2.45) is 17.8 Å². The van der Waals surface area contributed by atoms with E-state index in [2.05, 4.69) is 31.9 Å². The van der Waals surface area contributed by atoms with E-state index in [-0.39, 0.29) is 5.92 Å². The van der Waals surface area contributed by atoms with Gasteiger partial charge >= 0.3 is 0 Å². The quantitative estimate of drug-likeness (QED) is 0.463. The summed E-state index contributed by atoms with van der Waals surface area (Å²) in [5.41, 5.74) is 0. The van der Waals surface area contributed by atoms with Crippen molar-refractivity contribution in [2.75, 3.05) is 0 Å². The van der Waals surface area contributed by atoms with Gasteiger partial charge in [0.15, 0.2) is 0 Å². The Kier molecular flexibility index (Phi) is 2.94. The maximum Gasteiger partial charge on any atom is 0.118 e. The standard InChI is InChI=1S/C11H16O/c1-4-10(12)11-8(2)6-5-7-9(11)3/h1,5-6,8-12H,7H2,2-3H3. The molecule has 1 heteroatoms. The maximum absolute atomic E-state index is 9.55. The van der Waals surface area contributed by atoms with E-state index in [0.717, 1.165) is 6.42 Å². The van der Waals surface area contributed by atoms with Crippen LogP contribution < -0.4 is 0 Å². The Bertz CT molecular complexity index is 212. The van der Waals surface area contributed by atoms with Crippen molar-refractivity contribution < 1.29 is 5.11 Å². The summed E-state index contributed by atoms with van der Waals surface area (Å²) in [6, 6.07) is 0. The molecule has 1 aliphatic rings. The van der Waals surface area contributed by atoms with E-state index in [1.54, 1.807) is 0 Å². The van der Waals surface area contributed by atoms with Gasteiger partial charge in [-0.15, -0.1) is 6.42 Å². The highest BCUT2D eigenvalue weighted by Gasteiger charge is 2.29. The minimum absolute atomic E-state index is 0.236. The van der Waals surface area contributed by atoms with Gasteiger partial charge < -0.3 is 5.11 Å². The van der Waals surface area contributed by atoms with Gasteiger partial charge in [0.2, 0.25) is 0 Å². The number of hydrogen-bond acceptors (Lipinski definition) is 1. The molecule has 0 radical (unpaired) electrons. The molecule has 0 aromatic rings. The number of aliphatic hydroxyl groups excluding tert-OH is 1. The van der Waals surface area contributed by atoms with Crippen LogP contribution in [0.2, 0.25) is 0 Å². The first-order chi connectivity index (χ1) is 5.66. The molecule has 4 atom stereocenters. The molecule has 1 nitrogen and oxygen atoms in total.